The van der Waals surface area contributed by atoms with Gasteiger partial charge in [-0.2, -0.15) is 4.98 Å². The van der Waals surface area contributed by atoms with E-state index < -0.39 is 28.9 Å². The number of halogens is 2. The van der Waals surface area contributed by atoms with E-state index in [1.165, 1.54) is 11.0 Å². The predicted octanol–water partition coefficient (Wildman–Crippen LogP) is 5.14. The Balaban J connectivity index is 1.57. The Labute approximate surface area is 201 Å². The van der Waals surface area contributed by atoms with Crippen molar-refractivity contribution in [3.8, 4) is 11.5 Å². The van der Waals surface area contributed by atoms with Crippen LogP contribution in [-0.4, -0.2) is 41.1 Å². The van der Waals surface area contributed by atoms with Crippen molar-refractivity contribution in [2.24, 2.45) is 0 Å². The number of hydrogen-bond donors (Lipinski definition) is 3. The first-order valence-electron chi connectivity index (χ1n) is 10.7. The van der Waals surface area contributed by atoms with Gasteiger partial charge in [0.25, 0.3) is 0 Å². The molecule has 186 valence electrons. The SMILES string of the molecule is CN(CCC(=O)Nc1ccc(Nc2oc(-c3c(F)cccc3F)nc2N)cc1)C(=O)OC(C)(C)C. The quantitative estimate of drug-likeness (QED) is 0.422. The number of carbonyl (C=O) groups excluding carboxylic acids is 2. The molecule has 0 spiro atoms. The topological polar surface area (TPSA) is 123 Å². The lowest BCUT2D eigenvalue weighted by Crippen LogP contribution is -2.35. The van der Waals surface area contributed by atoms with Crippen LogP contribution in [0.3, 0.4) is 0 Å². The average molecular weight is 488 g/mol. The molecular formula is C24H27F2N5O4. The highest BCUT2D eigenvalue weighted by Gasteiger charge is 2.21. The smallest absolute Gasteiger partial charge is 0.410 e. The molecule has 0 aliphatic carbocycles. The Hall–Kier alpha value is -4.15. The third kappa shape index (κ3) is 6.92. The molecule has 1 aromatic heterocycles. The van der Waals surface area contributed by atoms with Crippen LogP contribution < -0.4 is 16.4 Å². The fraction of sp³-hybridized carbons (Fsp3) is 0.292. The van der Waals surface area contributed by atoms with E-state index in [9.17, 15) is 18.4 Å². The number of nitrogens with two attached hydrogens (primary N) is 1. The van der Waals surface area contributed by atoms with Crippen LogP contribution in [0.15, 0.2) is 46.9 Å². The molecule has 0 saturated heterocycles. The first-order valence-corrected chi connectivity index (χ1v) is 10.7. The highest BCUT2D eigenvalue weighted by molar-refractivity contribution is 5.91. The van der Waals surface area contributed by atoms with Crippen molar-refractivity contribution in [2.75, 3.05) is 30.0 Å². The monoisotopic (exact) mass is 487 g/mol. The van der Waals surface area contributed by atoms with Gasteiger partial charge in [0.1, 0.15) is 22.8 Å². The van der Waals surface area contributed by atoms with Crippen molar-refractivity contribution in [3.63, 3.8) is 0 Å². The standard InChI is InChI=1S/C24H27F2N5O4/c1-24(2,3)35-23(33)31(4)13-12-18(32)28-14-8-10-15(11-9-14)29-22-20(27)30-21(34-22)19-16(25)6-5-7-17(19)26/h5-11,29H,12-13,27H2,1-4H3,(H,28,32). The van der Waals surface area contributed by atoms with Crippen LogP contribution in [0.4, 0.5) is 36.7 Å². The van der Waals surface area contributed by atoms with Crippen LogP contribution in [0.25, 0.3) is 11.5 Å². The summed E-state index contributed by atoms with van der Waals surface area (Å²) in [4.78, 5) is 29.4. The van der Waals surface area contributed by atoms with E-state index in [2.05, 4.69) is 15.6 Å². The minimum atomic E-state index is -0.824. The number of carbonyl (C=O) groups is 2. The summed E-state index contributed by atoms with van der Waals surface area (Å²) in [5.41, 5.74) is 5.86. The second-order valence-corrected chi connectivity index (χ2v) is 8.73. The van der Waals surface area contributed by atoms with Crippen LogP contribution in [0.2, 0.25) is 0 Å². The Bertz CT molecular complexity index is 1190. The number of amides is 2. The molecule has 9 nitrogen and oxygen atoms in total. The van der Waals surface area contributed by atoms with Crippen molar-refractivity contribution in [1.29, 1.82) is 0 Å². The van der Waals surface area contributed by atoms with Crippen molar-refractivity contribution in [1.82, 2.24) is 9.88 Å². The van der Waals surface area contributed by atoms with Gasteiger partial charge in [0.15, 0.2) is 5.82 Å². The van der Waals surface area contributed by atoms with Gasteiger partial charge >= 0.3 is 6.09 Å². The summed E-state index contributed by atoms with van der Waals surface area (Å²) >= 11 is 0. The predicted molar refractivity (Wildman–Crippen MR) is 128 cm³/mol. The number of hydrogen-bond acceptors (Lipinski definition) is 7. The normalized spacial score (nSPS) is 11.1. The van der Waals surface area contributed by atoms with Gasteiger partial charge in [-0.05, 0) is 57.2 Å². The zero-order valence-corrected chi connectivity index (χ0v) is 19.8. The summed E-state index contributed by atoms with van der Waals surface area (Å²) in [6, 6.07) is 9.99. The molecule has 11 heteroatoms. The molecule has 35 heavy (non-hydrogen) atoms. The van der Waals surface area contributed by atoms with Gasteiger partial charge in [-0.1, -0.05) is 6.07 Å². The fourth-order valence-corrected chi connectivity index (χ4v) is 2.92. The zero-order chi connectivity index (χ0) is 25.8. The lowest BCUT2D eigenvalue weighted by Gasteiger charge is -2.24. The number of anilines is 4. The third-order valence-electron chi connectivity index (χ3n) is 4.64. The highest BCUT2D eigenvalue weighted by atomic mass is 19.1. The van der Waals surface area contributed by atoms with E-state index >= 15 is 0 Å². The van der Waals surface area contributed by atoms with Gasteiger partial charge in [0.05, 0.1) is 0 Å². The van der Waals surface area contributed by atoms with Crippen LogP contribution in [0, 0.1) is 11.6 Å². The maximum absolute atomic E-state index is 14.0. The van der Waals surface area contributed by atoms with Gasteiger partial charge in [0, 0.05) is 31.4 Å². The summed E-state index contributed by atoms with van der Waals surface area (Å²) in [5.74, 6) is -2.28. The number of oxazole rings is 1. The molecule has 1 heterocycles. The average Bonchev–Trinajstić information content (AvgIpc) is 3.11. The van der Waals surface area contributed by atoms with Crippen molar-refractivity contribution in [3.05, 3.63) is 54.1 Å². The van der Waals surface area contributed by atoms with Crippen LogP contribution in [0.5, 0.6) is 0 Å². The third-order valence-corrected chi connectivity index (χ3v) is 4.64. The lowest BCUT2D eigenvalue weighted by atomic mass is 10.2. The molecule has 2 aromatic carbocycles. The highest BCUT2D eigenvalue weighted by Crippen LogP contribution is 2.32. The number of nitrogens with one attached hydrogen (secondary N) is 2. The maximum atomic E-state index is 14.0. The van der Waals surface area contributed by atoms with E-state index in [0.717, 1.165) is 12.1 Å². The summed E-state index contributed by atoms with van der Waals surface area (Å²) in [5, 5.41) is 5.62. The van der Waals surface area contributed by atoms with E-state index in [-0.39, 0.29) is 36.5 Å². The van der Waals surface area contributed by atoms with E-state index in [1.54, 1.807) is 52.1 Å². The second-order valence-electron chi connectivity index (χ2n) is 8.73. The number of ether oxygens (including phenoxy) is 1. The summed E-state index contributed by atoms with van der Waals surface area (Å²) in [6.07, 6.45) is -0.423. The maximum Gasteiger partial charge on any atom is 0.410 e. The molecule has 0 unspecified atom stereocenters. The van der Waals surface area contributed by atoms with Gasteiger partial charge in [-0.3, -0.25) is 4.79 Å². The number of rotatable bonds is 7. The van der Waals surface area contributed by atoms with Gasteiger partial charge in [-0.15, -0.1) is 0 Å². The zero-order valence-electron chi connectivity index (χ0n) is 19.8. The Morgan fingerprint density at radius 1 is 1.09 bits per heavy atom. The first kappa shape index (κ1) is 25.5. The Morgan fingerprint density at radius 3 is 2.29 bits per heavy atom. The largest absolute Gasteiger partial charge is 0.444 e. The number of nitrogens with zero attached hydrogens (tertiary/aromatic N) is 2. The first-order chi connectivity index (χ1) is 16.4. The number of nitrogen functional groups attached to an aromatic ring is 1. The lowest BCUT2D eigenvalue weighted by molar-refractivity contribution is -0.116. The number of benzene rings is 2. The minimum absolute atomic E-state index is 0.0182. The molecular weight excluding hydrogens is 460 g/mol. The van der Waals surface area contributed by atoms with Gasteiger partial charge in [-0.25, -0.2) is 13.6 Å². The molecule has 0 bridgehead atoms. The minimum Gasteiger partial charge on any atom is -0.444 e. The van der Waals surface area contributed by atoms with Gasteiger partial charge < -0.3 is 30.4 Å². The molecule has 3 aromatic rings. The van der Waals surface area contributed by atoms with Crippen molar-refractivity contribution in [2.45, 2.75) is 32.8 Å². The van der Waals surface area contributed by atoms with Crippen LogP contribution in [-0.2, 0) is 9.53 Å². The van der Waals surface area contributed by atoms with Crippen molar-refractivity contribution < 1.29 is 27.5 Å². The molecule has 0 atom stereocenters. The summed E-state index contributed by atoms with van der Waals surface area (Å²) < 4.78 is 38.7. The van der Waals surface area contributed by atoms with Crippen LogP contribution in [0.1, 0.15) is 27.2 Å². The molecule has 4 N–H and O–H groups in total. The molecule has 0 radical (unpaired) electrons. The van der Waals surface area contributed by atoms with Crippen LogP contribution >= 0.6 is 0 Å². The van der Waals surface area contributed by atoms with Crippen molar-refractivity contribution >= 4 is 35.1 Å². The molecule has 0 fully saturated rings. The van der Waals surface area contributed by atoms with Gasteiger partial charge in [0.2, 0.25) is 17.7 Å². The second kappa shape index (κ2) is 10.4. The Kier molecular flexibility index (Phi) is 7.58. The molecule has 0 aliphatic rings. The molecule has 0 saturated carbocycles. The molecule has 2 amide bonds. The summed E-state index contributed by atoms with van der Waals surface area (Å²) in [6.45, 7) is 5.49. The molecule has 3 rings (SSSR count). The Morgan fingerprint density at radius 2 is 1.69 bits per heavy atom. The van der Waals surface area contributed by atoms with E-state index in [1.807, 2.05) is 0 Å². The van der Waals surface area contributed by atoms with E-state index in [0.29, 0.717) is 11.4 Å². The number of aromatic nitrogens is 1. The van der Waals surface area contributed by atoms with E-state index in [4.69, 9.17) is 14.9 Å². The summed E-state index contributed by atoms with van der Waals surface area (Å²) in [7, 11) is 1.56. The molecule has 0 aliphatic heterocycles. The fourth-order valence-electron chi connectivity index (χ4n) is 2.92.